The average Bonchev–Trinajstić information content (AvgIpc) is 3.19. The third-order valence-corrected chi connectivity index (χ3v) is 3.92. The van der Waals surface area contributed by atoms with Crippen LogP contribution in [-0.2, 0) is 13.0 Å². The molecule has 0 radical (unpaired) electrons. The summed E-state index contributed by atoms with van der Waals surface area (Å²) in [5.74, 6) is 1.68. The number of aromatic nitrogens is 2. The van der Waals surface area contributed by atoms with Crippen LogP contribution in [0.3, 0.4) is 0 Å². The van der Waals surface area contributed by atoms with Gasteiger partial charge in [-0.05, 0) is 49.2 Å². The smallest absolute Gasteiger partial charge is 0.270 e. The second kappa shape index (κ2) is 8.84. The van der Waals surface area contributed by atoms with Crippen LogP contribution in [0.25, 0.3) is 0 Å². The second-order valence-corrected chi connectivity index (χ2v) is 6.01. The molecule has 0 saturated heterocycles. The molecule has 2 heterocycles. The van der Waals surface area contributed by atoms with Crippen molar-refractivity contribution in [3.8, 4) is 5.75 Å². The van der Waals surface area contributed by atoms with Gasteiger partial charge in [0, 0.05) is 12.2 Å². The predicted molar refractivity (Wildman–Crippen MR) is 102 cm³/mol. The highest BCUT2D eigenvalue weighted by Crippen LogP contribution is 2.13. The number of carbonyl (C=O) groups excluding carboxylic acids is 1. The van der Waals surface area contributed by atoms with Gasteiger partial charge in [-0.1, -0.05) is 12.1 Å². The van der Waals surface area contributed by atoms with Crippen LogP contribution < -0.4 is 15.4 Å². The van der Waals surface area contributed by atoms with Crippen molar-refractivity contribution in [3.63, 3.8) is 0 Å². The second-order valence-electron chi connectivity index (χ2n) is 6.01. The number of benzene rings is 1. The van der Waals surface area contributed by atoms with Gasteiger partial charge in [-0.25, -0.2) is 9.97 Å². The number of nitrogens with zero attached hydrogens (tertiary/aromatic N) is 2. The highest BCUT2D eigenvalue weighted by atomic mass is 16.5. The van der Waals surface area contributed by atoms with E-state index in [9.17, 15) is 4.79 Å². The lowest BCUT2D eigenvalue weighted by atomic mass is 10.1. The van der Waals surface area contributed by atoms with Gasteiger partial charge in [0.05, 0.1) is 19.9 Å². The van der Waals surface area contributed by atoms with Crippen LogP contribution in [0.5, 0.6) is 5.75 Å². The molecule has 2 aromatic heterocycles. The lowest BCUT2D eigenvalue weighted by Gasteiger charge is -2.09. The zero-order valence-electron chi connectivity index (χ0n) is 15.4. The fourth-order valence-electron chi connectivity index (χ4n) is 2.58. The Bertz CT molecular complexity index is 894. The summed E-state index contributed by atoms with van der Waals surface area (Å²) in [6, 6.07) is 13.1. The van der Waals surface area contributed by atoms with Crippen molar-refractivity contribution in [3.05, 3.63) is 71.4 Å². The maximum atomic E-state index is 12.3. The topological polar surface area (TPSA) is 89.3 Å². The summed E-state index contributed by atoms with van der Waals surface area (Å²) >= 11 is 0. The van der Waals surface area contributed by atoms with Crippen LogP contribution in [0, 0.1) is 6.92 Å². The van der Waals surface area contributed by atoms with Crippen LogP contribution >= 0.6 is 0 Å². The molecular weight excluding hydrogens is 344 g/mol. The number of rotatable bonds is 8. The van der Waals surface area contributed by atoms with Gasteiger partial charge >= 0.3 is 0 Å². The molecule has 0 aliphatic heterocycles. The standard InChI is InChI=1S/C20H22N4O3/c1-14-11-18(19(25)22-13-17-7-4-10-27-17)24-20(23-14)21-9-8-15-5-3-6-16(12-15)26-2/h3-7,10-12H,8-9,13H2,1-2H3,(H,22,25)(H,21,23,24). The van der Waals surface area contributed by atoms with E-state index in [4.69, 9.17) is 9.15 Å². The van der Waals surface area contributed by atoms with E-state index in [2.05, 4.69) is 20.6 Å². The fourth-order valence-corrected chi connectivity index (χ4v) is 2.58. The molecule has 3 rings (SSSR count). The first-order chi connectivity index (χ1) is 13.1. The van der Waals surface area contributed by atoms with E-state index >= 15 is 0 Å². The van der Waals surface area contributed by atoms with E-state index in [0.29, 0.717) is 30.5 Å². The largest absolute Gasteiger partial charge is 0.497 e. The molecule has 7 heteroatoms. The van der Waals surface area contributed by atoms with E-state index in [1.54, 1.807) is 31.6 Å². The van der Waals surface area contributed by atoms with Gasteiger partial charge in [-0.3, -0.25) is 4.79 Å². The molecule has 0 atom stereocenters. The third-order valence-electron chi connectivity index (χ3n) is 3.92. The lowest BCUT2D eigenvalue weighted by molar-refractivity contribution is 0.0943. The fraction of sp³-hybridized carbons (Fsp3) is 0.250. The summed E-state index contributed by atoms with van der Waals surface area (Å²) < 4.78 is 10.4. The van der Waals surface area contributed by atoms with E-state index < -0.39 is 0 Å². The monoisotopic (exact) mass is 366 g/mol. The van der Waals surface area contributed by atoms with Crippen LogP contribution in [0.15, 0.2) is 53.1 Å². The summed E-state index contributed by atoms with van der Waals surface area (Å²) in [6.07, 6.45) is 2.36. The third kappa shape index (κ3) is 5.31. The minimum absolute atomic E-state index is 0.271. The highest BCUT2D eigenvalue weighted by molar-refractivity contribution is 5.92. The highest BCUT2D eigenvalue weighted by Gasteiger charge is 2.11. The summed E-state index contributed by atoms with van der Waals surface area (Å²) in [7, 11) is 1.65. The molecule has 0 aliphatic rings. The maximum absolute atomic E-state index is 12.3. The van der Waals surface area contributed by atoms with Gasteiger partial charge in [0.25, 0.3) is 5.91 Å². The Labute approximate surface area is 157 Å². The lowest BCUT2D eigenvalue weighted by Crippen LogP contribution is -2.24. The number of ether oxygens (including phenoxy) is 1. The molecule has 140 valence electrons. The molecule has 1 aromatic carbocycles. The zero-order valence-corrected chi connectivity index (χ0v) is 15.4. The molecule has 0 bridgehead atoms. The number of anilines is 1. The number of aryl methyl sites for hydroxylation is 1. The van der Waals surface area contributed by atoms with Gasteiger partial charge in [0.2, 0.25) is 5.95 Å². The molecule has 1 amide bonds. The Kier molecular flexibility index (Phi) is 6.04. The van der Waals surface area contributed by atoms with E-state index in [1.807, 2.05) is 31.2 Å². The minimum Gasteiger partial charge on any atom is -0.497 e. The summed E-state index contributed by atoms with van der Waals surface area (Å²) in [5, 5.41) is 5.96. The summed E-state index contributed by atoms with van der Waals surface area (Å²) in [5.41, 5.74) is 2.18. The molecule has 0 aliphatic carbocycles. The van der Waals surface area contributed by atoms with Crippen LogP contribution in [-0.4, -0.2) is 29.5 Å². The molecule has 0 saturated carbocycles. The maximum Gasteiger partial charge on any atom is 0.270 e. The first-order valence-corrected chi connectivity index (χ1v) is 8.67. The summed E-state index contributed by atoms with van der Waals surface area (Å²) in [6.45, 7) is 2.79. The Morgan fingerprint density at radius 2 is 2.07 bits per heavy atom. The molecule has 2 N–H and O–H groups in total. The minimum atomic E-state index is -0.271. The number of amides is 1. The predicted octanol–water partition coefficient (Wildman–Crippen LogP) is 2.97. The molecular formula is C20H22N4O3. The number of nitrogens with one attached hydrogen (secondary N) is 2. The van der Waals surface area contributed by atoms with Gasteiger partial charge in [-0.2, -0.15) is 0 Å². The molecule has 7 nitrogen and oxygen atoms in total. The molecule has 27 heavy (non-hydrogen) atoms. The van der Waals surface area contributed by atoms with Gasteiger partial charge in [0.15, 0.2) is 0 Å². The average molecular weight is 366 g/mol. The molecule has 0 spiro atoms. The number of hydrogen-bond donors (Lipinski definition) is 2. The Morgan fingerprint density at radius 3 is 2.85 bits per heavy atom. The number of carbonyl (C=O) groups is 1. The Balaban J connectivity index is 1.58. The van der Waals surface area contributed by atoms with Gasteiger partial charge < -0.3 is 19.8 Å². The SMILES string of the molecule is COc1cccc(CCNc2nc(C)cc(C(=O)NCc3ccco3)n2)c1. The van der Waals surface area contributed by atoms with Crippen molar-refractivity contribution in [2.24, 2.45) is 0 Å². The van der Waals surface area contributed by atoms with Crippen LogP contribution in [0.4, 0.5) is 5.95 Å². The van der Waals surface area contributed by atoms with Crippen molar-refractivity contribution in [1.29, 1.82) is 0 Å². The first kappa shape index (κ1) is 18.4. The normalized spacial score (nSPS) is 10.4. The van der Waals surface area contributed by atoms with Crippen molar-refractivity contribution in [2.45, 2.75) is 19.9 Å². The number of furan rings is 1. The number of hydrogen-bond acceptors (Lipinski definition) is 6. The first-order valence-electron chi connectivity index (χ1n) is 8.67. The van der Waals surface area contributed by atoms with Gasteiger partial charge in [-0.15, -0.1) is 0 Å². The van der Waals surface area contributed by atoms with Crippen molar-refractivity contribution in [2.75, 3.05) is 19.0 Å². The number of methoxy groups -OCH3 is 1. The quantitative estimate of drug-likeness (QED) is 0.637. The van der Waals surface area contributed by atoms with E-state index in [1.165, 1.54) is 0 Å². The zero-order chi connectivity index (χ0) is 19.1. The Hall–Kier alpha value is -3.35. The van der Waals surface area contributed by atoms with Crippen molar-refractivity contribution in [1.82, 2.24) is 15.3 Å². The van der Waals surface area contributed by atoms with E-state index in [0.717, 1.165) is 23.4 Å². The van der Waals surface area contributed by atoms with Crippen LogP contribution in [0.1, 0.15) is 27.5 Å². The van der Waals surface area contributed by atoms with Crippen molar-refractivity contribution < 1.29 is 13.9 Å². The molecule has 0 fully saturated rings. The Morgan fingerprint density at radius 1 is 1.19 bits per heavy atom. The van der Waals surface area contributed by atoms with E-state index in [-0.39, 0.29) is 5.91 Å². The van der Waals surface area contributed by atoms with Gasteiger partial charge in [0.1, 0.15) is 17.2 Å². The molecule has 0 unspecified atom stereocenters. The van der Waals surface area contributed by atoms with Crippen LogP contribution in [0.2, 0.25) is 0 Å². The molecule has 3 aromatic rings. The van der Waals surface area contributed by atoms with Crippen molar-refractivity contribution >= 4 is 11.9 Å². The summed E-state index contributed by atoms with van der Waals surface area (Å²) in [4.78, 5) is 21.0.